The first-order valence-electron chi connectivity index (χ1n) is 16.8. The summed E-state index contributed by atoms with van der Waals surface area (Å²) in [6.45, 7) is 5.42. The van der Waals surface area contributed by atoms with Gasteiger partial charge in [0.15, 0.2) is 0 Å². The Labute approximate surface area is 289 Å². The molecule has 0 heterocycles. The quantitative estimate of drug-likeness (QED) is 0.157. The van der Waals surface area contributed by atoms with E-state index in [1.165, 1.54) is 4.90 Å². The van der Waals surface area contributed by atoms with E-state index in [-0.39, 0.29) is 37.0 Å². The molecular formula is C37H49N3O8S. The molecule has 11 nitrogen and oxygen atoms in total. The number of carbonyl (C=O) groups is 2. The van der Waals surface area contributed by atoms with E-state index in [2.05, 4.69) is 4.72 Å². The zero-order valence-electron chi connectivity index (χ0n) is 28.6. The normalized spacial score (nSPS) is 14.6. The fraction of sp³-hybridized carbons (Fsp3) is 0.459. The van der Waals surface area contributed by atoms with E-state index < -0.39 is 33.7 Å². The average molecular weight is 696 g/mol. The molecule has 1 aliphatic carbocycles. The summed E-state index contributed by atoms with van der Waals surface area (Å²) < 4.78 is 38.8. The lowest BCUT2D eigenvalue weighted by molar-refractivity contribution is 0.0147. The van der Waals surface area contributed by atoms with E-state index in [4.69, 9.17) is 20.3 Å². The number of benzene rings is 3. The number of nitrogens with one attached hydrogen (secondary N) is 1. The number of nitrogens with two attached hydrogens (primary N) is 1. The molecule has 5 N–H and O–H groups in total. The van der Waals surface area contributed by atoms with Crippen LogP contribution in [-0.4, -0.2) is 72.7 Å². The largest absolute Gasteiger partial charge is 0.490 e. The number of anilines is 1. The van der Waals surface area contributed by atoms with E-state index in [9.17, 15) is 23.1 Å². The molecule has 0 aliphatic heterocycles. The van der Waals surface area contributed by atoms with Gasteiger partial charge in [-0.05, 0) is 106 Å². The van der Waals surface area contributed by atoms with Gasteiger partial charge in [-0.3, -0.25) is 4.79 Å². The third-order valence-electron chi connectivity index (χ3n) is 8.19. The van der Waals surface area contributed by atoms with Crippen LogP contribution in [0.5, 0.6) is 5.75 Å². The van der Waals surface area contributed by atoms with Crippen molar-refractivity contribution in [3.63, 3.8) is 0 Å². The molecule has 49 heavy (non-hydrogen) atoms. The summed E-state index contributed by atoms with van der Waals surface area (Å²) >= 11 is 0. The van der Waals surface area contributed by atoms with Crippen LogP contribution >= 0.6 is 0 Å². The van der Waals surface area contributed by atoms with Crippen LogP contribution in [0.2, 0.25) is 0 Å². The molecule has 0 saturated heterocycles. The van der Waals surface area contributed by atoms with Crippen LogP contribution in [0, 0.1) is 0 Å². The number of carbonyl (C=O) groups excluding carboxylic acids is 2. The van der Waals surface area contributed by atoms with Gasteiger partial charge in [-0.2, -0.15) is 0 Å². The van der Waals surface area contributed by atoms with Gasteiger partial charge in [-0.15, -0.1) is 0 Å². The molecule has 0 bridgehead atoms. The van der Waals surface area contributed by atoms with Gasteiger partial charge in [-0.25, -0.2) is 17.9 Å². The average Bonchev–Trinajstić information content (AvgIpc) is 3.05. The highest BCUT2D eigenvalue weighted by molar-refractivity contribution is 7.90. The Morgan fingerprint density at radius 2 is 1.69 bits per heavy atom. The molecule has 1 fully saturated rings. The zero-order valence-corrected chi connectivity index (χ0v) is 29.4. The number of ether oxygens (including phenoxy) is 2. The first kappa shape index (κ1) is 37.7. The number of hydrogen-bond donors (Lipinski definition) is 4. The van der Waals surface area contributed by atoms with Crippen LogP contribution < -0.4 is 15.2 Å². The predicted molar refractivity (Wildman–Crippen MR) is 190 cm³/mol. The van der Waals surface area contributed by atoms with Crippen LogP contribution in [-0.2, 0) is 21.2 Å². The number of amides is 2. The minimum atomic E-state index is -3.92. The number of nitrogens with zero attached hydrogens (tertiary/aromatic N) is 1. The Morgan fingerprint density at radius 1 is 1.00 bits per heavy atom. The van der Waals surface area contributed by atoms with Crippen molar-refractivity contribution in [3.8, 4) is 16.9 Å². The summed E-state index contributed by atoms with van der Waals surface area (Å²) in [7, 11) is -3.92. The Morgan fingerprint density at radius 3 is 2.35 bits per heavy atom. The second kappa shape index (κ2) is 17.0. The van der Waals surface area contributed by atoms with Crippen molar-refractivity contribution in [2.24, 2.45) is 0 Å². The lowest BCUT2D eigenvalue weighted by atomic mass is 9.97. The molecule has 4 rings (SSSR count). The summed E-state index contributed by atoms with van der Waals surface area (Å²) in [5, 5.41) is 19.9. The van der Waals surface area contributed by atoms with E-state index in [1.54, 1.807) is 63.2 Å². The fourth-order valence-corrected chi connectivity index (χ4v) is 6.65. The van der Waals surface area contributed by atoms with Gasteiger partial charge in [0.2, 0.25) is 10.0 Å². The second-order valence-electron chi connectivity index (χ2n) is 13.5. The topological polar surface area (TPSA) is 168 Å². The van der Waals surface area contributed by atoms with Crippen LogP contribution in [0.3, 0.4) is 0 Å². The second-order valence-corrected chi connectivity index (χ2v) is 15.3. The number of nitrogen functional groups attached to an aromatic ring is 1. The molecule has 0 radical (unpaired) electrons. The lowest BCUT2D eigenvalue weighted by Crippen LogP contribution is -2.40. The molecule has 0 unspecified atom stereocenters. The Hall–Kier alpha value is -4.13. The van der Waals surface area contributed by atoms with Crippen LogP contribution in [0.25, 0.3) is 11.1 Å². The highest BCUT2D eigenvalue weighted by Gasteiger charge is 2.26. The molecule has 3 aromatic rings. The van der Waals surface area contributed by atoms with Crippen molar-refractivity contribution in [1.29, 1.82) is 0 Å². The number of aliphatic hydroxyl groups is 2. The first-order chi connectivity index (χ1) is 23.2. The smallest absolute Gasteiger partial charge is 0.410 e. The Balaban J connectivity index is 1.51. The highest BCUT2D eigenvalue weighted by atomic mass is 32.2. The highest BCUT2D eigenvalue weighted by Crippen LogP contribution is 2.31. The van der Waals surface area contributed by atoms with E-state index >= 15 is 0 Å². The fourth-order valence-electron chi connectivity index (χ4n) is 5.64. The standard InChI is InChI=1S/C37H49N3O8S/c1-37(2,3)48-36(44)40(25-33(42)29-9-7-10-30(38)23-29)20-19-26-13-15-27(16-14-26)28-17-18-32(35(43)39-49(45,46)22-8-21-41)34(24-28)47-31-11-5-4-6-12-31/h7,9-10,13-18,23-24,31,33,41-42H,4-6,8,11-12,19-22,25,38H2,1-3H3,(H,39,43)/t33-/m0/s1. The third-order valence-corrected chi connectivity index (χ3v) is 9.51. The minimum absolute atomic E-state index is 0.0210. The molecule has 1 atom stereocenters. The van der Waals surface area contributed by atoms with E-state index in [1.807, 2.05) is 24.3 Å². The maximum absolute atomic E-state index is 13.1. The molecule has 1 saturated carbocycles. The van der Waals surface area contributed by atoms with Crippen molar-refractivity contribution < 1.29 is 37.7 Å². The van der Waals surface area contributed by atoms with Gasteiger partial charge in [0, 0.05) is 18.8 Å². The SMILES string of the molecule is CC(C)(C)OC(=O)N(CCc1ccc(-c2ccc(C(=O)NS(=O)(=O)CCCO)c(OC3CCCCC3)c2)cc1)C[C@H](O)c1cccc(N)c1. The van der Waals surface area contributed by atoms with Crippen molar-refractivity contribution in [3.05, 3.63) is 83.4 Å². The first-order valence-corrected chi connectivity index (χ1v) is 18.5. The van der Waals surface area contributed by atoms with Crippen molar-refractivity contribution in [2.45, 2.75) is 83.5 Å². The maximum atomic E-state index is 13.1. The van der Waals surface area contributed by atoms with Crippen molar-refractivity contribution in [1.82, 2.24) is 9.62 Å². The van der Waals surface area contributed by atoms with Gasteiger partial charge in [0.05, 0.1) is 30.1 Å². The predicted octanol–water partition coefficient (Wildman–Crippen LogP) is 5.60. The van der Waals surface area contributed by atoms with E-state index in [0.29, 0.717) is 30.0 Å². The van der Waals surface area contributed by atoms with Crippen LogP contribution in [0.15, 0.2) is 66.7 Å². The van der Waals surface area contributed by atoms with Gasteiger partial charge in [-0.1, -0.05) is 48.9 Å². The molecule has 3 aromatic carbocycles. The minimum Gasteiger partial charge on any atom is -0.490 e. The monoisotopic (exact) mass is 695 g/mol. The number of sulfonamides is 1. The van der Waals surface area contributed by atoms with Crippen LogP contribution in [0.4, 0.5) is 10.5 Å². The van der Waals surface area contributed by atoms with Crippen LogP contribution in [0.1, 0.15) is 86.9 Å². The summed E-state index contributed by atoms with van der Waals surface area (Å²) in [6, 6.07) is 19.8. The van der Waals surface area contributed by atoms with E-state index in [0.717, 1.165) is 48.8 Å². The third kappa shape index (κ3) is 11.8. The Bertz CT molecular complexity index is 1670. The maximum Gasteiger partial charge on any atom is 0.410 e. The van der Waals surface area contributed by atoms with Crippen molar-refractivity contribution in [2.75, 3.05) is 31.2 Å². The number of hydrogen-bond acceptors (Lipinski definition) is 9. The summed E-state index contributed by atoms with van der Waals surface area (Å²) in [5.41, 5.74) is 9.06. The molecule has 0 aromatic heterocycles. The van der Waals surface area contributed by atoms with Gasteiger partial charge >= 0.3 is 6.09 Å². The molecule has 0 spiro atoms. The zero-order chi connectivity index (χ0) is 35.6. The Kier molecular flexibility index (Phi) is 13.1. The number of aliphatic hydroxyl groups excluding tert-OH is 2. The molecule has 2 amide bonds. The van der Waals surface area contributed by atoms with Gasteiger partial charge in [0.1, 0.15) is 11.4 Å². The number of rotatable bonds is 14. The van der Waals surface area contributed by atoms with Gasteiger partial charge in [0.25, 0.3) is 5.91 Å². The van der Waals surface area contributed by atoms with Crippen molar-refractivity contribution >= 4 is 27.7 Å². The summed E-state index contributed by atoms with van der Waals surface area (Å²) in [5.74, 6) is -0.826. The van der Waals surface area contributed by atoms with Gasteiger partial charge < -0.3 is 30.3 Å². The summed E-state index contributed by atoms with van der Waals surface area (Å²) in [6.07, 6.45) is 3.85. The molecule has 12 heteroatoms. The molecule has 1 aliphatic rings. The summed E-state index contributed by atoms with van der Waals surface area (Å²) in [4.78, 5) is 27.7. The molecular weight excluding hydrogens is 646 g/mol. The molecule has 266 valence electrons. The lowest BCUT2D eigenvalue weighted by Gasteiger charge is -2.29.